The molecule has 1 aliphatic carbocycles. The van der Waals surface area contributed by atoms with E-state index in [0.717, 1.165) is 17.7 Å². The van der Waals surface area contributed by atoms with Crippen molar-refractivity contribution in [1.29, 1.82) is 0 Å². The van der Waals surface area contributed by atoms with Crippen LogP contribution in [0.15, 0.2) is 12.1 Å². The average molecular weight is 291 g/mol. The standard InChI is InChI=1S/C14H17N3O2S/c1-9(13(18)17-10-4-5-10)16-14(19)12-7-6-11(20-12)3-2-8-15/h6-7,9-10H,4-5,8,15H2,1H3,(H,16,19)(H,17,18). The van der Waals surface area contributed by atoms with Crippen molar-refractivity contribution in [3.63, 3.8) is 0 Å². The van der Waals surface area contributed by atoms with Gasteiger partial charge in [0.25, 0.3) is 5.91 Å². The molecule has 0 aliphatic heterocycles. The number of rotatable bonds is 4. The Morgan fingerprint density at radius 1 is 1.50 bits per heavy atom. The van der Waals surface area contributed by atoms with E-state index < -0.39 is 6.04 Å². The summed E-state index contributed by atoms with van der Waals surface area (Å²) in [5, 5.41) is 5.54. The summed E-state index contributed by atoms with van der Waals surface area (Å²) in [5.41, 5.74) is 5.29. The van der Waals surface area contributed by atoms with E-state index in [1.807, 2.05) is 0 Å². The smallest absolute Gasteiger partial charge is 0.262 e. The van der Waals surface area contributed by atoms with Crippen molar-refractivity contribution in [2.24, 2.45) is 5.73 Å². The second-order valence-corrected chi connectivity index (χ2v) is 5.73. The monoisotopic (exact) mass is 291 g/mol. The number of thiophene rings is 1. The highest BCUT2D eigenvalue weighted by atomic mass is 32.1. The van der Waals surface area contributed by atoms with Gasteiger partial charge in [-0.05, 0) is 31.9 Å². The molecule has 1 saturated carbocycles. The first-order chi connectivity index (χ1) is 9.60. The van der Waals surface area contributed by atoms with Crippen LogP contribution in [0, 0.1) is 11.8 Å². The predicted octanol–water partition coefficient (Wildman–Crippen LogP) is 0.455. The van der Waals surface area contributed by atoms with Gasteiger partial charge >= 0.3 is 0 Å². The summed E-state index contributed by atoms with van der Waals surface area (Å²) in [6.07, 6.45) is 2.06. The molecule has 1 unspecified atom stereocenters. The molecule has 5 nitrogen and oxygen atoms in total. The first kappa shape index (κ1) is 14.6. The highest BCUT2D eigenvalue weighted by Gasteiger charge is 2.26. The SMILES string of the molecule is CC(NC(=O)c1ccc(C#CCN)s1)C(=O)NC1CC1. The first-order valence-electron chi connectivity index (χ1n) is 6.50. The molecule has 2 amide bonds. The molecule has 1 aromatic heterocycles. The van der Waals surface area contributed by atoms with Crippen LogP contribution in [-0.2, 0) is 4.79 Å². The van der Waals surface area contributed by atoms with E-state index in [1.165, 1.54) is 11.3 Å². The molecular weight excluding hydrogens is 274 g/mol. The van der Waals surface area contributed by atoms with Crippen molar-refractivity contribution >= 4 is 23.2 Å². The van der Waals surface area contributed by atoms with Crippen molar-refractivity contribution in [2.45, 2.75) is 31.8 Å². The largest absolute Gasteiger partial charge is 0.352 e. The molecule has 0 spiro atoms. The molecule has 1 aliphatic rings. The number of amides is 2. The van der Waals surface area contributed by atoms with E-state index in [-0.39, 0.29) is 18.4 Å². The third-order valence-corrected chi connectivity index (χ3v) is 3.81. The molecule has 2 rings (SSSR count). The van der Waals surface area contributed by atoms with Crippen LogP contribution in [0.3, 0.4) is 0 Å². The lowest BCUT2D eigenvalue weighted by molar-refractivity contribution is -0.122. The number of nitrogens with one attached hydrogen (secondary N) is 2. The zero-order chi connectivity index (χ0) is 14.5. The van der Waals surface area contributed by atoms with Gasteiger partial charge in [0.2, 0.25) is 5.91 Å². The van der Waals surface area contributed by atoms with Gasteiger partial charge in [-0.25, -0.2) is 0 Å². The van der Waals surface area contributed by atoms with Crippen molar-refractivity contribution in [3.05, 3.63) is 21.9 Å². The van der Waals surface area contributed by atoms with Crippen LogP contribution in [0.25, 0.3) is 0 Å². The van der Waals surface area contributed by atoms with E-state index in [2.05, 4.69) is 22.5 Å². The fourth-order valence-electron chi connectivity index (χ4n) is 1.55. The molecular formula is C14H17N3O2S. The summed E-state index contributed by atoms with van der Waals surface area (Å²) in [6.45, 7) is 1.97. The van der Waals surface area contributed by atoms with E-state index in [9.17, 15) is 9.59 Å². The van der Waals surface area contributed by atoms with Gasteiger partial charge in [0.05, 0.1) is 16.3 Å². The zero-order valence-electron chi connectivity index (χ0n) is 11.2. The van der Waals surface area contributed by atoms with Gasteiger partial charge in [-0.1, -0.05) is 11.8 Å². The number of nitrogens with two attached hydrogens (primary N) is 1. The Balaban J connectivity index is 1.89. The molecule has 106 valence electrons. The summed E-state index contributed by atoms with van der Waals surface area (Å²) < 4.78 is 0. The maximum Gasteiger partial charge on any atom is 0.262 e. The summed E-state index contributed by atoms with van der Waals surface area (Å²) in [5.74, 6) is 5.22. The normalized spacial score (nSPS) is 14.9. The van der Waals surface area contributed by atoms with Gasteiger partial charge in [0, 0.05) is 6.04 Å². The van der Waals surface area contributed by atoms with E-state index in [0.29, 0.717) is 10.9 Å². The summed E-state index contributed by atoms with van der Waals surface area (Å²) >= 11 is 1.29. The second kappa shape index (κ2) is 6.55. The fourth-order valence-corrected chi connectivity index (χ4v) is 2.34. The molecule has 1 atom stereocenters. The Bertz CT molecular complexity index is 566. The average Bonchev–Trinajstić information content (AvgIpc) is 3.10. The topological polar surface area (TPSA) is 84.2 Å². The van der Waals surface area contributed by atoms with Crippen LogP contribution in [0.4, 0.5) is 0 Å². The predicted molar refractivity (Wildman–Crippen MR) is 78.3 cm³/mol. The van der Waals surface area contributed by atoms with Gasteiger partial charge in [-0.15, -0.1) is 11.3 Å². The maximum atomic E-state index is 12.0. The van der Waals surface area contributed by atoms with Crippen LogP contribution in [0.1, 0.15) is 34.3 Å². The highest BCUT2D eigenvalue weighted by molar-refractivity contribution is 7.14. The number of carbonyl (C=O) groups excluding carboxylic acids is 2. The van der Waals surface area contributed by atoms with Crippen molar-refractivity contribution in [1.82, 2.24) is 10.6 Å². The Morgan fingerprint density at radius 2 is 2.25 bits per heavy atom. The Labute approximate surface area is 121 Å². The highest BCUT2D eigenvalue weighted by Crippen LogP contribution is 2.19. The summed E-state index contributed by atoms with van der Waals surface area (Å²) in [4.78, 5) is 25.1. The zero-order valence-corrected chi connectivity index (χ0v) is 12.0. The molecule has 0 aromatic carbocycles. The summed E-state index contributed by atoms with van der Waals surface area (Å²) in [6, 6.07) is 3.23. The molecule has 1 fully saturated rings. The van der Waals surface area contributed by atoms with Crippen molar-refractivity contribution in [2.75, 3.05) is 6.54 Å². The molecule has 0 saturated heterocycles. The van der Waals surface area contributed by atoms with E-state index in [1.54, 1.807) is 19.1 Å². The number of hydrogen-bond acceptors (Lipinski definition) is 4. The molecule has 0 bridgehead atoms. The minimum Gasteiger partial charge on any atom is -0.352 e. The van der Waals surface area contributed by atoms with Crippen LogP contribution in [0.5, 0.6) is 0 Å². The minimum atomic E-state index is -0.538. The fraction of sp³-hybridized carbons (Fsp3) is 0.429. The Kier molecular flexibility index (Phi) is 4.77. The summed E-state index contributed by atoms with van der Waals surface area (Å²) in [7, 11) is 0. The molecule has 6 heteroatoms. The maximum absolute atomic E-state index is 12.0. The molecule has 0 radical (unpaired) electrons. The van der Waals surface area contributed by atoms with Gasteiger partial charge < -0.3 is 16.4 Å². The molecule has 1 heterocycles. The van der Waals surface area contributed by atoms with Crippen LogP contribution in [-0.4, -0.2) is 30.4 Å². The van der Waals surface area contributed by atoms with E-state index in [4.69, 9.17) is 5.73 Å². The van der Waals surface area contributed by atoms with Gasteiger partial charge in [-0.3, -0.25) is 9.59 Å². The van der Waals surface area contributed by atoms with Gasteiger partial charge in [0.1, 0.15) is 6.04 Å². The van der Waals surface area contributed by atoms with Crippen LogP contribution < -0.4 is 16.4 Å². The third-order valence-electron chi connectivity index (χ3n) is 2.81. The molecule has 4 N–H and O–H groups in total. The third kappa shape index (κ3) is 4.08. The quantitative estimate of drug-likeness (QED) is 0.704. The Hall–Kier alpha value is -1.84. The minimum absolute atomic E-state index is 0.138. The Morgan fingerprint density at radius 3 is 2.90 bits per heavy atom. The van der Waals surface area contributed by atoms with Gasteiger partial charge in [0.15, 0.2) is 0 Å². The van der Waals surface area contributed by atoms with Crippen LogP contribution in [0.2, 0.25) is 0 Å². The van der Waals surface area contributed by atoms with E-state index >= 15 is 0 Å². The lowest BCUT2D eigenvalue weighted by Gasteiger charge is -2.12. The molecule has 20 heavy (non-hydrogen) atoms. The second-order valence-electron chi connectivity index (χ2n) is 4.65. The lowest BCUT2D eigenvalue weighted by Crippen LogP contribution is -2.45. The van der Waals surface area contributed by atoms with Crippen molar-refractivity contribution in [3.8, 4) is 11.8 Å². The lowest BCUT2D eigenvalue weighted by atomic mass is 10.3. The van der Waals surface area contributed by atoms with Crippen molar-refractivity contribution < 1.29 is 9.59 Å². The number of hydrogen-bond donors (Lipinski definition) is 3. The first-order valence-corrected chi connectivity index (χ1v) is 7.32. The molecule has 1 aromatic rings. The van der Waals surface area contributed by atoms with Crippen LogP contribution >= 0.6 is 11.3 Å². The van der Waals surface area contributed by atoms with Gasteiger partial charge in [-0.2, -0.15) is 0 Å². The number of carbonyl (C=O) groups is 2.